The highest BCUT2D eigenvalue weighted by atomic mass is 16.6. The monoisotopic (exact) mass is 322 g/mol. The average Bonchev–Trinajstić information content (AvgIpc) is 2.61. The maximum Gasteiger partial charge on any atom is 0.273 e. The second-order valence-electron chi connectivity index (χ2n) is 5.95. The van der Waals surface area contributed by atoms with Gasteiger partial charge in [-0.2, -0.15) is 5.26 Å². The number of aryl methyl sites for hydroxylation is 1. The molecule has 0 aromatic heterocycles. The van der Waals surface area contributed by atoms with Gasteiger partial charge in [0.1, 0.15) is 0 Å². The summed E-state index contributed by atoms with van der Waals surface area (Å²) in [4.78, 5) is 11.1. The van der Waals surface area contributed by atoms with Gasteiger partial charge in [0, 0.05) is 11.6 Å². The Bertz CT molecular complexity index is 730. The molecule has 4 heteroatoms. The van der Waals surface area contributed by atoms with Crippen molar-refractivity contribution in [3.63, 3.8) is 0 Å². The standard InChI is InChI=1S/C20H22N2O2/c1-2-3-4-5-6-7-18-12-13-19(14-20(18)22(23)24)17-10-8-16(15-21)9-11-17/h8-14H,2-7H2,1H3. The summed E-state index contributed by atoms with van der Waals surface area (Å²) in [6.45, 7) is 2.17. The molecule has 0 saturated carbocycles. The Hall–Kier alpha value is -2.67. The Morgan fingerprint density at radius 3 is 2.29 bits per heavy atom. The minimum absolute atomic E-state index is 0.187. The molecule has 0 fully saturated rings. The molecule has 0 radical (unpaired) electrons. The van der Waals surface area contributed by atoms with Gasteiger partial charge >= 0.3 is 0 Å². The minimum atomic E-state index is -0.297. The number of nitriles is 1. The fourth-order valence-corrected chi connectivity index (χ4v) is 2.78. The number of hydrogen-bond donors (Lipinski definition) is 0. The van der Waals surface area contributed by atoms with Crippen LogP contribution in [0.1, 0.15) is 50.2 Å². The summed E-state index contributed by atoms with van der Waals surface area (Å²) in [6, 6.07) is 14.6. The summed E-state index contributed by atoms with van der Waals surface area (Å²) < 4.78 is 0. The molecule has 0 saturated heterocycles. The first-order valence-electron chi connectivity index (χ1n) is 8.43. The van der Waals surface area contributed by atoms with Crippen molar-refractivity contribution in [1.29, 1.82) is 5.26 Å². The lowest BCUT2D eigenvalue weighted by Gasteiger charge is -2.07. The SMILES string of the molecule is CCCCCCCc1ccc(-c2ccc(C#N)cc2)cc1[N+](=O)[O-]. The normalized spacial score (nSPS) is 10.3. The fourth-order valence-electron chi connectivity index (χ4n) is 2.78. The van der Waals surface area contributed by atoms with Gasteiger partial charge in [0.2, 0.25) is 0 Å². The van der Waals surface area contributed by atoms with Crippen LogP contribution < -0.4 is 0 Å². The molecule has 0 aliphatic heterocycles. The Morgan fingerprint density at radius 2 is 1.67 bits per heavy atom. The quantitative estimate of drug-likeness (QED) is 0.358. The lowest BCUT2D eigenvalue weighted by atomic mass is 9.98. The van der Waals surface area contributed by atoms with Crippen LogP contribution in [0.5, 0.6) is 0 Å². The van der Waals surface area contributed by atoms with Crippen LogP contribution in [0, 0.1) is 21.4 Å². The summed E-state index contributed by atoms with van der Waals surface area (Å²) in [5, 5.41) is 20.3. The first kappa shape index (κ1) is 17.7. The van der Waals surface area contributed by atoms with E-state index in [1.54, 1.807) is 18.2 Å². The van der Waals surface area contributed by atoms with Crippen molar-refractivity contribution in [2.45, 2.75) is 45.4 Å². The van der Waals surface area contributed by atoms with Gasteiger partial charge < -0.3 is 0 Å². The Kier molecular flexibility index (Phi) is 6.51. The lowest BCUT2D eigenvalue weighted by Crippen LogP contribution is -1.97. The van der Waals surface area contributed by atoms with Crippen molar-refractivity contribution in [3.8, 4) is 17.2 Å². The number of hydrogen-bond acceptors (Lipinski definition) is 3. The highest BCUT2D eigenvalue weighted by Crippen LogP contribution is 2.28. The zero-order valence-electron chi connectivity index (χ0n) is 14.0. The molecule has 0 bridgehead atoms. The third-order valence-electron chi connectivity index (χ3n) is 4.18. The lowest BCUT2D eigenvalue weighted by molar-refractivity contribution is -0.385. The van der Waals surface area contributed by atoms with E-state index in [1.807, 2.05) is 24.3 Å². The molecule has 0 atom stereocenters. The maximum atomic E-state index is 11.4. The number of nitro benzene ring substituents is 1. The molecule has 0 amide bonds. The molecule has 0 aliphatic rings. The minimum Gasteiger partial charge on any atom is -0.258 e. The van der Waals surface area contributed by atoms with Crippen molar-refractivity contribution >= 4 is 5.69 Å². The number of nitrogens with zero attached hydrogens (tertiary/aromatic N) is 2. The van der Waals surface area contributed by atoms with E-state index in [9.17, 15) is 10.1 Å². The van der Waals surface area contributed by atoms with Gasteiger partial charge in [-0.3, -0.25) is 10.1 Å². The number of benzene rings is 2. The third kappa shape index (κ3) is 4.66. The van der Waals surface area contributed by atoms with Gasteiger partial charge in [0.15, 0.2) is 0 Å². The van der Waals surface area contributed by atoms with E-state index in [4.69, 9.17) is 5.26 Å². The average molecular weight is 322 g/mol. The van der Waals surface area contributed by atoms with Crippen LogP contribution in [0.15, 0.2) is 42.5 Å². The van der Waals surface area contributed by atoms with Crippen LogP contribution in [0.4, 0.5) is 5.69 Å². The van der Waals surface area contributed by atoms with Crippen molar-refractivity contribution < 1.29 is 4.92 Å². The van der Waals surface area contributed by atoms with Crippen LogP contribution >= 0.6 is 0 Å². The van der Waals surface area contributed by atoms with Crippen molar-refractivity contribution in [3.05, 3.63) is 63.7 Å². The number of rotatable bonds is 8. The Balaban J connectivity index is 2.16. The molecule has 2 aromatic carbocycles. The zero-order chi connectivity index (χ0) is 17.4. The van der Waals surface area contributed by atoms with E-state index in [0.717, 1.165) is 36.0 Å². The van der Waals surface area contributed by atoms with E-state index in [1.165, 1.54) is 19.3 Å². The van der Waals surface area contributed by atoms with Crippen LogP contribution in [-0.2, 0) is 6.42 Å². The molecule has 24 heavy (non-hydrogen) atoms. The summed E-state index contributed by atoms with van der Waals surface area (Å²) in [7, 11) is 0. The highest BCUT2D eigenvalue weighted by molar-refractivity contribution is 5.68. The second-order valence-corrected chi connectivity index (χ2v) is 5.95. The first-order valence-corrected chi connectivity index (χ1v) is 8.43. The maximum absolute atomic E-state index is 11.4. The summed E-state index contributed by atoms with van der Waals surface area (Å²) in [5.74, 6) is 0. The molecular formula is C20H22N2O2. The Labute approximate surface area is 142 Å². The topological polar surface area (TPSA) is 66.9 Å². The molecule has 124 valence electrons. The van der Waals surface area contributed by atoms with Crippen LogP contribution in [0.2, 0.25) is 0 Å². The van der Waals surface area contributed by atoms with E-state index < -0.39 is 0 Å². The second kappa shape index (κ2) is 8.83. The fraction of sp³-hybridized carbons (Fsp3) is 0.350. The summed E-state index contributed by atoms with van der Waals surface area (Å²) in [5.41, 5.74) is 3.26. The van der Waals surface area contributed by atoms with Crippen LogP contribution in [0.25, 0.3) is 11.1 Å². The Morgan fingerprint density at radius 1 is 1.00 bits per heavy atom. The van der Waals surface area contributed by atoms with Crippen molar-refractivity contribution in [2.75, 3.05) is 0 Å². The van der Waals surface area contributed by atoms with Crippen molar-refractivity contribution in [1.82, 2.24) is 0 Å². The van der Waals surface area contributed by atoms with Gasteiger partial charge in [-0.05, 0) is 36.1 Å². The highest BCUT2D eigenvalue weighted by Gasteiger charge is 2.15. The molecular weight excluding hydrogens is 300 g/mol. The van der Waals surface area contributed by atoms with Gasteiger partial charge in [0.05, 0.1) is 16.6 Å². The smallest absolute Gasteiger partial charge is 0.258 e. The van der Waals surface area contributed by atoms with Gasteiger partial charge in [-0.1, -0.05) is 56.9 Å². The predicted octanol–water partition coefficient (Wildman–Crippen LogP) is 5.65. The molecule has 0 spiro atoms. The molecule has 2 rings (SSSR count). The number of nitro groups is 1. The van der Waals surface area contributed by atoms with Crippen LogP contribution in [-0.4, -0.2) is 4.92 Å². The van der Waals surface area contributed by atoms with Gasteiger partial charge in [-0.15, -0.1) is 0 Å². The van der Waals surface area contributed by atoms with Gasteiger partial charge in [0.25, 0.3) is 5.69 Å². The zero-order valence-corrected chi connectivity index (χ0v) is 14.0. The van der Waals surface area contributed by atoms with Crippen LogP contribution in [0.3, 0.4) is 0 Å². The van der Waals surface area contributed by atoms with E-state index in [-0.39, 0.29) is 10.6 Å². The summed E-state index contributed by atoms with van der Waals surface area (Å²) in [6.07, 6.45) is 6.44. The molecule has 0 heterocycles. The third-order valence-corrected chi connectivity index (χ3v) is 4.18. The summed E-state index contributed by atoms with van der Waals surface area (Å²) >= 11 is 0. The van der Waals surface area contributed by atoms with E-state index >= 15 is 0 Å². The molecule has 0 aliphatic carbocycles. The molecule has 4 nitrogen and oxygen atoms in total. The predicted molar refractivity (Wildman–Crippen MR) is 95.7 cm³/mol. The molecule has 2 aromatic rings. The van der Waals surface area contributed by atoms with E-state index in [0.29, 0.717) is 5.56 Å². The molecule has 0 N–H and O–H groups in total. The van der Waals surface area contributed by atoms with E-state index in [2.05, 4.69) is 13.0 Å². The first-order chi connectivity index (χ1) is 11.7. The van der Waals surface area contributed by atoms with Gasteiger partial charge in [-0.25, -0.2) is 0 Å². The molecule has 0 unspecified atom stereocenters. The largest absolute Gasteiger partial charge is 0.273 e. The number of unbranched alkanes of at least 4 members (excludes halogenated alkanes) is 4. The van der Waals surface area contributed by atoms with Crippen molar-refractivity contribution in [2.24, 2.45) is 0 Å².